The third kappa shape index (κ3) is 4.20. The van der Waals surface area contributed by atoms with Crippen molar-refractivity contribution in [3.63, 3.8) is 0 Å². The molecule has 1 rings (SSSR count). The highest BCUT2D eigenvalue weighted by Gasteiger charge is 2.21. The van der Waals surface area contributed by atoms with E-state index in [0.29, 0.717) is 11.3 Å². The fourth-order valence-electron chi connectivity index (χ4n) is 1.64. The number of carbonyl (C=O) groups is 3. The van der Waals surface area contributed by atoms with Gasteiger partial charge in [-0.1, -0.05) is 6.07 Å². The number of benzene rings is 1. The number of ether oxygens (including phenoxy) is 1. The van der Waals surface area contributed by atoms with E-state index in [1.54, 1.807) is 13.0 Å². The molecule has 0 aliphatic rings. The minimum Gasteiger partial charge on any atom is -0.449 e. The summed E-state index contributed by atoms with van der Waals surface area (Å²) in [4.78, 5) is 34.7. The minimum atomic E-state index is -1.10. The summed E-state index contributed by atoms with van der Waals surface area (Å²) in [6, 6.07) is 2.61. The molecule has 0 saturated heterocycles. The molecule has 1 unspecified atom stereocenters. The number of hydrogen-bond acceptors (Lipinski definition) is 5. The minimum absolute atomic E-state index is 0.290. The Labute approximate surface area is 122 Å². The highest BCUT2D eigenvalue weighted by Crippen LogP contribution is 2.19. The summed E-state index contributed by atoms with van der Waals surface area (Å²) in [5.74, 6) is -1.38. The second-order valence-electron chi connectivity index (χ2n) is 4.64. The van der Waals surface area contributed by atoms with Crippen LogP contribution in [0.3, 0.4) is 0 Å². The van der Waals surface area contributed by atoms with Crippen molar-refractivity contribution in [1.82, 2.24) is 10.6 Å². The molecule has 0 aromatic heterocycles. The Bertz CT molecular complexity index is 584. The number of imide groups is 1. The summed E-state index contributed by atoms with van der Waals surface area (Å²) in [6.45, 7) is 4.96. The number of nitrogens with two attached hydrogens (primary N) is 1. The van der Waals surface area contributed by atoms with Crippen molar-refractivity contribution in [3.8, 4) is 0 Å². The van der Waals surface area contributed by atoms with E-state index >= 15 is 0 Å². The molecule has 21 heavy (non-hydrogen) atoms. The van der Waals surface area contributed by atoms with Gasteiger partial charge in [-0.2, -0.15) is 0 Å². The lowest BCUT2D eigenvalue weighted by Crippen LogP contribution is -2.43. The molecule has 0 aliphatic carbocycles. The van der Waals surface area contributed by atoms with Gasteiger partial charge in [0.2, 0.25) is 0 Å². The highest BCUT2D eigenvalue weighted by molar-refractivity contribution is 5.99. The zero-order valence-electron chi connectivity index (χ0n) is 12.4. The number of amides is 3. The van der Waals surface area contributed by atoms with Crippen LogP contribution in [0.5, 0.6) is 0 Å². The largest absolute Gasteiger partial charge is 0.449 e. The van der Waals surface area contributed by atoms with Gasteiger partial charge in [-0.05, 0) is 38.0 Å². The first-order valence-corrected chi connectivity index (χ1v) is 6.36. The molecular weight excluding hydrogens is 274 g/mol. The van der Waals surface area contributed by atoms with Crippen LogP contribution in [-0.4, -0.2) is 31.1 Å². The first-order chi connectivity index (χ1) is 9.76. The predicted octanol–water partition coefficient (Wildman–Crippen LogP) is 0.887. The molecule has 0 radical (unpaired) electrons. The molecule has 1 aromatic rings. The van der Waals surface area contributed by atoms with Gasteiger partial charge in [-0.15, -0.1) is 0 Å². The molecule has 0 heterocycles. The number of nitrogen functional groups attached to an aromatic ring is 1. The van der Waals surface area contributed by atoms with Crippen LogP contribution in [0, 0.1) is 13.8 Å². The van der Waals surface area contributed by atoms with Crippen molar-refractivity contribution in [3.05, 3.63) is 28.8 Å². The molecule has 7 heteroatoms. The highest BCUT2D eigenvalue weighted by atomic mass is 16.5. The lowest BCUT2D eigenvalue weighted by Gasteiger charge is -2.14. The van der Waals surface area contributed by atoms with Crippen molar-refractivity contribution in [2.45, 2.75) is 26.9 Å². The van der Waals surface area contributed by atoms with Crippen LogP contribution in [0.1, 0.15) is 28.4 Å². The summed E-state index contributed by atoms with van der Waals surface area (Å²) < 4.78 is 5.03. The van der Waals surface area contributed by atoms with Gasteiger partial charge >= 0.3 is 12.0 Å². The van der Waals surface area contributed by atoms with E-state index in [1.165, 1.54) is 20.0 Å². The SMILES string of the molecule is CNC(=O)NC(=O)C(C)OC(=O)c1cc(N)c(C)cc1C. The number of carbonyl (C=O) groups excluding carboxylic acids is 3. The van der Waals surface area contributed by atoms with E-state index in [1.807, 2.05) is 12.2 Å². The van der Waals surface area contributed by atoms with Crippen molar-refractivity contribution in [2.24, 2.45) is 0 Å². The van der Waals surface area contributed by atoms with Crippen molar-refractivity contribution in [2.75, 3.05) is 12.8 Å². The average Bonchev–Trinajstić information content (AvgIpc) is 2.42. The maximum absolute atomic E-state index is 12.0. The Morgan fingerprint density at radius 3 is 2.38 bits per heavy atom. The number of esters is 1. The van der Waals surface area contributed by atoms with Crippen LogP contribution < -0.4 is 16.4 Å². The molecule has 7 nitrogen and oxygen atoms in total. The van der Waals surface area contributed by atoms with Crippen LogP contribution in [0.2, 0.25) is 0 Å². The zero-order valence-corrected chi connectivity index (χ0v) is 12.4. The zero-order chi connectivity index (χ0) is 16.2. The Balaban J connectivity index is 2.79. The van der Waals surface area contributed by atoms with E-state index in [0.717, 1.165) is 5.56 Å². The maximum atomic E-state index is 12.0. The predicted molar refractivity (Wildman–Crippen MR) is 77.8 cm³/mol. The van der Waals surface area contributed by atoms with Gasteiger partial charge in [0, 0.05) is 12.7 Å². The molecule has 114 valence electrons. The number of aryl methyl sites for hydroxylation is 2. The first kappa shape index (κ1) is 16.5. The number of rotatable bonds is 3. The molecule has 1 atom stereocenters. The molecular formula is C14H19N3O4. The smallest absolute Gasteiger partial charge is 0.339 e. The molecule has 0 fully saturated rings. The number of hydrogen-bond donors (Lipinski definition) is 3. The average molecular weight is 293 g/mol. The Kier molecular flexibility index (Phi) is 5.29. The second kappa shape index (κ2) is 6.74. The fraction of sp³-hybridized carbons (Fsp3) is 0.357. The topological polar surface area (TPSA) is 111 Å². The standard InChI is InChI=1S/C14H19N3O4/c1-7-5-8(2)11(15)6-10(7)13(19)21-9(3)12(18)17-14(20)16-4/h5-6,9H,15H2,1-4H3,(H2,16,17,18,20). The van der Waals surface area contributed by atoms with Crippen LogP contribution in [-0.2, 0) is 9.53 Å². The van der Waals surface area contributed by atoms with Crippen molar-refractivity contribution < 1.29 is 19.1 Å². The molecule has 4 N–H and O–H groups in total. The van der Waals surface area contributed by atoms with Crippen LogP contribution in [0.4, 0.5) is 10.5 Å². The van der Waals surface area contributed by atoms with Gasteiger partial charge in [0.15, 0.2) is 6.10 Å². The lowest BCUT2D eigenvalue weighted by molar-refractivity contribution is -0.127. The second-order valence-corrected chi connectivity index (χ2v) is 4.64. The van der Waals surface area contributed by atoms with Gasteiger partial charge < -0.3 is 15.8 Å². The van der Waals surface area contributed by atoms with Crippen molar-refractivity contribution >= 4 is 23.6 Å². The number of nitrogens with one attached hydrogen (secondary N) is 2. The van der Waals surface area contributed by atoms with Crippen LogP contribution in [0.25, 0.3) is 0 Å². The molecule has 0 spiro atoms. The third-order valence-electron chi connectivity index (χ3n) is 2.95. The van der Waals surface area contributed by atoms with Crippen LogP contribution in [0.15, 0.2) is 12.1 Å². The van der Waals surface area contributed by atoms with Gasteiger partial charge in [0.05, 0.1) is 5.56 Å². The van der Waals surface area contributed by atoms with E-state index in [2.05, 4.69) is 5.32 Å². The van der Waals surface area contributed by atoms with Gasteiger partial charge in [-0.3, -0.25) is 10.1 Å². The molecule has 0 bridgehead atoms. The Hall–Kier alpha value is -2.57. The van der Waals surface area contributed by atoms with Crippen LogP contribution >= 0.6 is 0 Å². The van der Waals surface area contributed by atoms with Gasteiger partial charge in [-0.25, -0.2) is 9.59 Å². The number of urea groups is 1. The lowest BCUT2D eigenvalue weighted by atomic mass is 10.0. The quantitative estimate of drug-likeness (QED) is 0.566. The monoisotopic (exact) mass is 293 g/mol. The van der Waals surface area contributed by atoms with Gasteiger partial charge in [0.1, 0.15) is 0 Å². The maximum Gasteiger partial charge on any atom is 0.339 e. The summed E-state index contributed by atoms with van der Waals surface area (Å²) in [6.07, 6.45) is -1.10. The number of anilines is 1. The van der Waals surface area contributed by atoms with Gasteiger partial charge in [0.25, 0.3) is 5.91 Å². The van der Waals surface area contributed by atoms with E-state index < -0.39 is 24.0 Å². The Morgan fingerprint density at radius 2 is 1.81 bits per heavy atom. The summed E-state index contributed by atoms with van der Waals surface area (Å²) >= 11 is 0. The fourth-order valence-corrected chi connectivity index (χ4v) is 1.64. The first-order valence-electron chi connectivity index (χ1n) is 6.36. The molecule has 1 aromatic carbocycles. The Morgan fingerprint density at radius 1 is 1.19 bits per heavy atom. The summed E-state index contributed by atoms with van der Waals surface area (Å²) in [5, 5.41) is 4.26. The summed E-state index contributed by atoms with van der Waals surface area (Å²) in [7, 11) is 1.37. The normalized spacial score (nSPS) is 11.4. The van der Waals surface area contributed by atoms with Crippen molar-refractivity contribution in [1.29, 1.82) is 0 Å². The van der Waals surface area contributed by atoms with E-state index in [4.69, 9.17) is 10.5 Å². The summed E-state index contributed by atoms with van der Waals surface area (Å²) in [5.41, 5.74) is 8.07. The molecule has 3 amide bonds. The van der Waals surface area contributed by atoms with E-state index in [-0.39, 0.29) is 5.56 Å². The van der Waals surface area contributed by atoms with E-state index in [9.17, 15) is 14.4 Å². The molecule has 0 aliphatic heterocycles. The molecule has 0 saturated carbocycles. The third-order valence-corrected chi connectivity index (χ3v) is 2.95.